The van der Waals surface area contributed by atoms with E-state index in [9.17, 15) is 4.79 Å². The number of hydrogen-bond donors (Lipinski definition) is 1. The second kappa shape index (κ2) is 6.21. The van der Waals surface area contributed by atoms with Crippen LogP contribution < -0.4 is 15.8 Å². The van der Waals surface area contributed by atoms with Crippen molar-refractivity contribution in [3.63, 3.8) is 0 Å². The predicted molar refractivity (Wildman–Crippen MR) is 106 cm³/mol. The number of nitrogens with one attached hydrogen (secondary N) is 1. The number of aryl methyl sites for hydroxylation is 1. The number of hydrogen-bond acceptors (Lipinski definition) is 5. The molecule has 1 fully saturated rings. The van der Waals surface area contributed by atoms with Crippen LogP contribution in [0.1, 0.15) is 0 Å². The van der Waals surface area contributed by atoms with Gasteiger partial charge in [0.15, 0.2) is 0 Å². The fourth-order valence-electron chi connectivity index (χ4n) is 3.64. The Morgan fingerprint density at radius 2 is 1.96 bits per heavy atom. The van der Waals surface area contributed by atoms with Crippen LogP contribution in [0.25, 0.3) is 27.9 Å². The van der Waals surface area contributed by atoms with Crippen LogP contribution in [0.2, 0.25) is 0 Å². The monoisotopic (exact) mass is 360 g/mol. The summed E-state index contributed by atoms with van der Waals surface area (Å²) in [5.74, 6) is 0. The van der Waals surface area contributed by atoms with Crippen LogP contribution >= 0.6 is 0 Å². The van der Waals surface area contributed by atoms with Crippen LogP contribution in [0.5, 0.6) is 0 Å². The number of pyridine rings is 2. The van der Waals surface area contributed by atoms with E-state index in [1.54, 1.807) is 16.7 Å². The van der Waals surface area contributed by atoms with Crippen molar-refractivity contribution in [2.24, 2.45) is 7.05 Å². The van der Waals surface area contributed by atoms with Crippen molar-refractivity contribution >= 4 is 22.4 Å². The van der Waals surface area contributed by atoms with Crippen LogP contribution in [0.15, 0.2) is 53.7 Å². The third kappa shape index (κ3) is 2.76. The summed E-state index contributed by atoms with van der Waals surface area (Å²) in [5.41, 5.74) is 4.02. The summed E-state index contributed by atoms with van der Waals surface area (Å²) in [4.78, 5) is 24.2. The first-order chi connectivity index (χ1) is 13.2. The summed E-state index contributed by atoms with van der Waals surface area (Å²) in [6, 6.07) is 9.57. The van der Waals surface area contributed by atoms with Gasteiger partial charge in [-0.15, -0.1) is 0 Å². The van der Waals surface area contributed by atoms with Gasteiger partial charge in [-0.2, -0.15) is 0 Å². The van der Waals surface area contributed by atoms with E-state index in [0.29, 0.717) is 11.3 Å². The average Bonchev–Trinajstić information content (AvgIpc) is 3.08. The maximum atomic E-state index is 12.7. The van der Waals surface area contributed by atoms with Crippen LogP contribution in [-0.4, -0.2) is 45.1 Å². The molecule has 0 unspecified atom stereocenters. The fraction of sp³-hybridized carbons (Fsp3) is 0.250. The third-order valence-corrected chi connectivity index (χ3v) is 5.13. The maximum Gasteiger partial charge on any atom is 0.258 e. The zero-order valence-corrected chi connectivity index (χ0v) is 15.1. The fourth-order valence-corrected chi connectivity index (χ4v) is 3.64. The summed E-state index contributed by atoms with van der Waals surface area (Å²) < 4.78 is 3.59. The highest BCUT2D eigenvalue weighted by Crippen LogP contribution is 2.22. The predicted octanol–water partition coefficient (Wildman–Crippen LogP) is 1.66. The number of fused-ring (bicyclic) bond motifs is 2. The summed E-state index contributed by atoms with van der Waals surface area (Å²) in [5, 5.41) is 4.38. The summed E-state index contributed by atoms with van der Waals surface area (Å²) in [7, 11) is 1.96. The molecule has 5 heterocycles. The molecule has 5 rings (SSSR count). The molecule has 7 nitrogen and oxygen atoms in total. The van der Waals surface area contributed by atoms with Crippen molar-refractivity contribution in [1.82, 2.24) is 24.3 Å². The molecule has 0 amide bonds. The lowest BCUT2D eigenvalue weighted by Crippen LogP contribution is -2.43. The molecule has 1 aliphatic rings. The van der Waals surface area contributed by atoms with Gasteiger partial charge in [-0.05, 0) is 24.3 Å². The molecule has 0 saturated carbocycles. The minimum absolute atomic E-state index is 0.0832. The second-order valence-electron chi connectivity index (χ2n) is 6.90. The number of aromatic nitrogens is 4. The van der Waals surface area contributed by atoms with Gasteiger partial charge in [0, 0.05) is 68.8 Å². The SMILES string of the molecule is Cn1ccc2cc(-c3cc(=O)n4cc(N5CCNCC5)ccc4n3)cnc21. The Morgan fingerprint density at radius 3 is 2.81 bits per heavy atom. The molecule has 27 heavy (non-hydrogen) atoms. The van der Waals surface area contributed by atoms with E-state index in [4.69, 9.17) is 4.98 Å². The molecule has 0 aliphatic carbocycles. The molecule has 0 radical (unpaired) electrons. The molecule has 0 aromatic carbocycles. The Hall–Kier alpha value is -3.19. The van der Waals surface area contributed by atoms with Gasteiger partial charge in [-0.25, -0.2) is 9.97 Å². The molecule has 0 atom stereocenters. The van der Waals surface area contributed by atoms with Crippen LogP contribution in [0.3, 0.4) is 0 Å². The molecule has 1 aliphatic heterocycles. The Balaban J connectivity index is 1.58. The van der Waals surface area contributed by atoms with E-state index in [1.807, 2.05) is 48.3 Å². The van der Waals surface area contributed by atoms with Gasteiger partial charge in [-0.3, -0.25) is 9.20 Å². The van der Waals surface area contributed by atoms with E-state index in [-0.39, 0.29) is 5.56 Å². The van der Waals surface area contributed by atoms with Gasteiger partial charge in [0.1, 0.15) is 11.3 Å². The molecular formula is C20H20N6O. The van der Waals surface area contributed by atoms with Crippen molar-refractivity contribution in [1.29, 1.82) is 0 Å². The summed E-state index contributed by atoms with van der Waals surface area (Å²) in [6.45, 7) is 3.79. The topological polar surface area (TPSA) is 67.5 Å². The van der Waals surface area contributed by atoms with Crippen molar-refractivity contribution in [2.45, 2.75) is 0 Å². The van der Waals surface area contributed by atoms with Crippen LogP contribution in [0, 0.1) is 0 Å². The van der Waals surface area contributed by atoms with Crippen molar-refractivity contribution in [3.8, 4) is 11.3 Å². The third-order valence-electron chi connectivity index (χ3n) is 5.13. The van der Waals surface area contributed by atoms with E-state index in [1.165, 1.54) is 0 Å². The molecule has 0 spiro atoms. The van der Waals surface area contributed by atoms with Gasteiger partial charge in [-0.1, -0.05) is 0 Å². The molecule has 0 bridgehead atoms. The molecule has 4 aromatic rings. The van der Waals surface area contributed by atoms with E-state index < -0.39 is 0 Å². The number of rotatable bonds is 2. The minimum Gasteiger partial charge on any atom is -0.368 e. The normalized spacial score (nSPS) is 14.9. The first-order valence-corrected chi connectivity index (χ1v) is 9.10. The number of anilines is 1. The van der Waals surface area contributed by atoms with E-state index in [2.05, 4.69) is 15.2 Å². The quantitative estimate of drug-likeness (QED) is 0.589. The Morgan fingerprint density at radius 1 is 1.11 bits per heavy atom. The zero-order valence-electron chi connectivity index (χ0n) is 15.1. The second-order valence-corrected chi connectivity index (χ2v) is 6.90. The Bertz CT molecular complexity index is 1200. The van der Waals surface area contributed by atoms with Gasteiger partial charge in [0.2, 0.25) is 0 Å². The van der Waals surface area contributed by atoms with Crippen molar-refractivity contribution in [2.75, 3.05) is 31.1 Å². The number of piperazine rings is 1. The largest absolute Gasteiger partial charge is 0.368 e. The Kier molecular flexibility index (Phi) is 3.68. The molecule has 1 N–H and O–H groups in total. The molecule has 7 heteroatoms. The highest BCUT2D eigenvalue weighted by Gasteiger charge is 2.13. The first kappa shape index (κ1) is 16.0. The van der Waals surface area contributed by atoms with Gasteiger partial charge in [0.05, 0.1) is 11.4 Å². The lowest BCUT2D eigenvalue weighted by Gasteiger charge is -2.29. The maximum absolute atomic E-state index is 12.7. The molecule has 1 saturated heterocycles. The summed E-state index contributed by atoms with van der Waals surface area (Å²) in [6.07, 6.45) is 5.63. The van der Waals surface area contributed by atoms with Gasteiger partial charge < -0.3 is 14.8 Å². The number of nitrogens with zero attached hydrogens (tertiary/aromatic N) is 5. The standard InChI is InChI=1S/C20H20N6O/c1-24-7-4-14-10-15(12-22-20(14)24)17-11-19(27)26-13-16(2-3-18(26)23-17)25-8-5-21-6-9-25/h2-4,7,10-13,21H,5-6,8-9H2,1H3. The molecular weight excluding hydrogens is 340 g/mol. The van der Waals surface area contributed by atoms with Crippen LogP contribution in [-0.2, 0) is 7.05 Å². The van der Waals surface area contributed by atoms with Crippen molar-refractivity contribution < 1.29 is 0 Å². The molecule has 136 valence electrons. The van der Waals surface area contributed by atoms with Crippen LogP contribution in [0.4, 0.5) is 5.69 Å². The first-order valence-electron chi connectivity index (χ1n) is 9.10. The van der Waals surface area contributed by atoms with Gasteiger partial charge in [0.25, 0.3) is 5.56 Å². The smallest absolute Gasteiger partial charge is 0.258 e. The average molecular weight is 360 g/mol. The minimum atomic E-state index is -0.0832. The lowest BCUT2D eigenvalue weighted by atomic mass is 10.1. The lowest BCUT2D eigenvalue weighted by molar-refractivity contribution is 0.588. The van der Waals surface area contributed by atoms with Crippen molar-refractivity contribution in [3.05, 3.63) is 59.3 Å². The van der Waals surface area contributed by atoms with Gasteiger partial charge >= 0.3 is 0 Å². The summed E-state index contributed by atoms with van der Waals surface area (Å²) >= 11 is 0. The highest BCUT2D eigenvalue weighted by atomic mass is 16.1. The zero-order chi connectivity index (χ0) is 18.4. The highest BCUT2D eigenvalue weighted by molar-refractivity contribution is 5.81. The molecule has 4 aromatic heterocycles. The Labute approximate surface area is 155 Å². The van der Waals surface area contributed by atoms with E-state index >= 15 is 0 Å². The van der Waals surface area contributed by atoms with E-state index in [0.717, 1.165) is 48.5 Å².